The van der Waals surface area contributed by atoms with Gasteiger partial charge in [0, 0.05) is 18.8 Å². The molecule has 2 rings (SSSR count). The van der Waals surface area contributed by atoms with Crippen molar-refractivity contribution in [3.63, 3.8) is 0 Å². The van der Waals surface area contributed by atoms with Gasteiger partial charge in [-0.15, -0.1) is 0 Å². The number of aryl methyl sites for hydroxylation is 1. The average Bonchev–Trinajstić information content (AvgIpc) is 3.03. The highest BCUT2D eigenvalue weighted by atomic mass is 19.1. The molecule has 1 aliphatic rings. The summed E-state index contributed by atoms with van der Waals surface area (Å²) in [7, 11) is 0. The van der Waals surface area contributed by atoms with Crippen LogP contribution in [-0.4, -0.2) is 44.4 Å². The molecule has 1 aromatic carbocycles. The fourth-order valence-corrected chi connectivity index (χ4v) is 4.43. The minimum absolute atomic E-state index is 0.000303. The van der Waals surface area contributed by atoms with Crippen LogP contribution in [0.15, 0.2) is 29.4 Å². The summed E-state index contributed by atoms with van der Waals surface area (Å²) in [5.74, 6) is -1.10. The monoisotopic (exact) mass is 423 g/mol. The van der Waals surface area contributed by atoms with E-state index in [2.05, 4.69) is 5.16 Å². The van der Waals surface area contributed by atoms with Gasteiger partial charge in [0.1, 0.15) is 5.82 Å². The van der Waals surface area contributed by atoms with Gasteiger partial charge in [-0.2, -0.15) is 0 Å². The molecule has 30 heavy (non-hydrogen) atoms. The lowest BCUT2D eigenvalue weighted by Gasteiger charge is -2.23. The Hall–Kier alpha value is -1.99. The van der Waals surface area contributed by atoms with Gasteiger partial charge in [0.2, 0.25) is 0 Å². The van der Waals surface area contributed by atoms with Gasteiger partial charge < -0.3 is 20.5 Å². The molecule has 6 nitrogen and oxygen atoms in total. The van der Waals surface area contributed by atoms with E-state index in [0.717, 1.165) is 31.2 Å². The molecule has 7 heteroatoms. The summed E-state index contributed by atoms with van der Waals surface area (Å²) < 4.78 is 13.0. The number of aliphatic hydroxyl groups is 2. The number of carboxylic acid groups (broad SMARTS) is 1. The van der Waals surface area contributed by atoms with E-state index in [4.69, 9.17) is 5.11 Å². The molecule has 1 aromatic rings. The van der Waals surface area contributed by atoms with Gasteiger partial charge in [0.15, 0.2) is 0 Å². The van der Waals surface area contributed by atoms with E-state index in [-0.39, 0.29) is 24.1 Å². The average molecular weight is 424 g/mol. The summed E-state index contributed by atoms with van der Waals surface area (Å²) in [5.41, 5.74) is 1.58. The molecule has 1 fully saturated rings. The molecule has 0 amide bonds. The molecule has 0 bridgehead atoms. The number of hydrogen-bond donors (Lipinski definition) is 4. The number of oxime groups is 1. The third kappa shape index (κ3) is 8.03. The number of unbranched alkanes of at least 4 members (excludes halogenated alkanes) is 3. The first-order chi connectivity index (χ1) is 14.4. The first-order valence-corrected chi connectivity index (χ1v) is 10.9. The predicted octanol–water partition coefficient (Wildman–Crippen LogP) is 4.15. The van der Waals surface area contributed by atoms with Crippen molar-refractivity contribution < 1.29 is 29.7 Å². The third-order valence-corrected chi connectivity index (χ3v) is 6.15. The Kier molecular flexibility index (Phi) is 10.2. The van der Waals surface area contributed by atoms with E-state index < -0.39 is 18.2 Å². The van der Waals surface area contributed by atoms with Crippen LogP contribution in [0, 0.1) is 17.7 Å². The fraction of sp³-hybridized carbons (Fsp3) is 0.652. The number of aliphatic hydroxyl groups excluding tert-OH is 2. The summed E-state index contributed by atoms with van der Waals surface area (Å²) in [4.78, 5) is 10.6. The van der Waals surface area contributed by atoms with Gasteiger partial charge in [-0.1, -0.05) is 36.6 Å². The second-order valence-electron chi connectivity index (χ2n) is 8.38. The maximum Gasteiger partial charge on any atom is 0.303 e. The molecular formula is C23H34FNO5. The minimum atomic E-state index is -0.775. The van der Waals surface area contributed by atoms with Gasteiger partial charge in [0.05, 0.1) is 17.9 Å². The lowest BCUT2D eigenvalue weighted by molar-refractivity contribution is -0.137. The van der Waals surface area contributed by atoms with Gasteiger partial charge in [-0.25, -0.2) is 4.39 Å². The zero-order chi connectivity index (χ0) is 21.9. The first-order valence-electron chi connectivity index (χ1n) is 10.9. The van der Waals surface area contributed by atoms with E-state index in [1.54, 1.807) is 12.1 Å². The van der Waals surface area contributed by atoms with Gasteiger partial charge in [0.25, 0.3) is 0 Å². The number of carboxylic acids is 1. The lowest BCUT2D eigenvalue weighted by atomic mass is 9.84. The summed E-state index contributed by atoms with van der Waals surface area (Å²) in [6, 6.07) is 6.27. The lowest BCUT2D eigenvalue weighted by Crippen LogP contribution is -2.22. The molecule has 0 heterocycles. The van der Waals surface area contributed by atoms with E-state index in [9.17, 15) is 24.6 Å². The van der Waals surface area contributed by atoms with Crippen molar-refractivity contribution in [2.75, 3.05) is 0 Å². The largest absolute Gasteiger partial charge is 0.481 e. The number of nitrogens with zero attached hydrogens (tertiary/aromatic N) is 1. The van der Waals surface area contributed by atoms with Crippen LogP contribution in [0.2, 0.25) is 0 Å². The molecule has 4 atom stereocenters. The van der Waals surface area contributed by atoms with Crippen LogP contribution < -0.4 is 0 Å². The summed E-state index contributed by atoms with van der Waals surface area (Å²) in [5, 5.41) is 42.2. The maximum atomic E-state index is 13.0. The van der Waals surface area contributed by atoms with Crippen LogP contribution >= 0.6 is 0 Å². The molecule has 0 spiro atoms. The summed E-state index contributed by atoms with van der Waals surface area (Å²) >= 11 is 0. The van der Waals surface area contributed by atoms with Crippen molar-refractivity contribution in [2.45, 2.75) is 82.8 Å². The highest BCUT2D eigenvalue weighted by Crippen LogP contribution is 2.37. The van der Waals surface area contributed by atoms with Gasteiger partial charge >= 0.3 is 5.97 Å². The van der Waals surface area contributed by atoms with Crippen LogP contribution in [0.25, 0.3) is 0 Å². The normalized spacial score (nSPS) is 23.7. The number of benzene rings is 1. The highest BCUT2D eigenvalue weighted by Gasteiger charge is 2.39. The quantitative estimate of drug-likeness (QED) is 0.216. The molecule has 0 saturated heterocycles. The number of carbonyl (C=O) groups is 1. The Bertz CT molecular complexity index is 679. The van der Waals surface area contributed by atoms with E-state index in [0.29, 0.717) is 44.2 Å². The summed E-state index contributed by atoms with van der Waals surface area (Å²) in [6.45, 7) is 0. The maximum absolute atomic E-state index is 13.0. The molecule has 168 valence electrons. The smallest absolute Gasteiger partial charge is 0.303 e. The van der Waals surface area contributed by atoms with Crippen LogP contribution in [-0.2, 0) is 11.2 Å². The van der Waals surface area contributed by atoms with E-state index >= 15 is 0 Å². The Morgan fingerprint density at radius 3 is 2.47 bits per heavy atom. The SMILES string of the molecule is O=C(O)CCCCCCC1C(O)C/C(=N\O)C1CCC(O)CCc1ccc(F)cc1. The Morgan fingerprint density at radius 2 is 1.80 bits per heavy atom. The highest BCUT2D eigenvalue weighted by molar-refractivity contribution is 5.89. The van der Waals surface area contributed by atoms with Crippen LogP contribution in [0.1, 0.15) is 69.8 Å². The van der Waals surface area contributed by atoms with Gasteiger partial charge in [-0.3, -0.25) is 4.79 Å². The fourth-order valence-electron chi connectivity index (χ4n) is 4.43. The second-order valence-corrected chi connectivity index (χ2v) is 8.38. The Balaban J connectivity index is 1.76. The van der Waals surface area contributed by atoms with E-state index in [1.165, 1.54) is 12.1 Å². The second kappa shape index (κ2) is 12.6. The van der Waals surface area contributed by atoms with Crippen molar-refractivity contribution in [2.24, 2.45) is 17.0 Å². The summed E-state index contributed by atoms with van der Waals surface area (Å²) in [6.07, 6.45) is 6.03. The molecule has 0 radical (unpaired) electrons. The van der Waals surface area contributed by atoms with Crippen LogP contribution in [0.4, 0.5) is 4.39 Å². The first kappa shape index (κ1) is 24.3. The standard InChI is InChI=1S/C23H34FNO5/c24-17-10-7-16(8-11-17)9-12-18(26)13-14-19-20(22(27)15-21(19)25-30)5-3-1-2-4-6-23(28)29/h7-8,10-11,18-20,22,26-27,30H,1-6,9,12-15H2,(H,28,29)/b25-21+. The topological polar surface area (TPSA) is 110 Å². The van der Waals surface area contributed by atoms with Crippen molar-refractivity contribution in [3.05, 3.63) is 35.6 Å². The molecule has 1 aliphatic carbocycles. The molecule has 0 aliphatic heterocycles. The zero-order valence-corrected chi connectivity index (χ0v) is 17.4. The molecule has 4 N–H and O–H groups in total. The van der Waals surface area contributed by atoms with E-state index in [1.807, 2.05) is 0 Å². The van der Waals surface area contributed by atoms with Crippen LogP contribution in [0.5, 0.6) is 0 Å². The van der Waals surface area contributed by atoms with Crippen LogP contribution in [0.3, 0.4) is 0 Å². The van der Waals surface area contributed by atoms with Crippen molar-refractivity contribution >= 4 is 11.7 Å². The minimum Gasteiger partial charge on any atom is -0.481 e. The molecule has 4 unspecified atom stereocenters. The number of rotatable bonds is 13. The molecule has 1 saturated carbocycles. The molecule has 0 aromatic heterocycles. The number of hydrogen-bond acceptors (Lipinski definition) is 5. The van der Waals surface area contributed by atoms with Gasteiger partial charge in [-0.05, 0) is 62.1 Å². The van der Waals surface area contributed by atoms with Crippen molar-refractivity contribution in [3.8, 4) is 0 Å². The predicted molar refractivity (Wildman–Crippen MR) is 112 cm³/mol. The Labute approximate surface area is 177 Å². The number of halogens is 1. The Morgan fingerprint density at radius 1 is 1.10 bits per heavy atom. The number of aliphatic carboxylic acids is 1. The third-order valence-electron chi connectivity index (χ3n) is 6.15. The molecular weight excluding hydrogens is 389 g/mol. The van der Waals surface area contributed by atoms with Crippen molar-refractivity contribution in [1.82, 2.24) is 0 Å². The van der Waals surface area contributed by atoms with Crippen molar-refractivity contribution in [1.29, 1.82) is 0 Å². The zero-order valence-electron chi connectivity index (χ0n) is 17.4.